The van der Waals surface area contributed by atoms with Gasteiger partial charge in [0.05, 0.1) is 45.4 Å². The highest BCUT2D eigenvalue weighted by Gasteiger charge is 2.43. The molecule has 0 radical (unpaired) electrons. The Labute approximate surface area is 210 Å². The zero-order valence-electron chi connectivity index (χ0n) is 21.5. The van der Waals surface area contributed by atoms with Crippen molar-refractivity contribution >= 4 is 16.9 Å². The molecule has 192 valence electrons. The number of hydrogen-bond donors (Lipinski definition) is 0. The zero-order chi connectivity index (χ0) is 26.0. The van der Waals surface area contributed by atoms with Crippen LogP contribution in [0.3, 0.4) is 0 Å². The summed E-state index contributed by atoms with van der Waals surface area (Å²) in [5, 5.41) is 0.380. The van der Waals surface area contributed by atoms with Crippen LogP contribution in [0.1, 0.15) is 41.6 Å². The molecular formula is C27H32N2O7. The first-order valence-corrected chi connectivity index (χ1v) is 11.9. The molecule has 1 unspecified atom stereocenters. The third kappa shape index (κ3) is 4.24. The summed E-state index contributed by atoms with van der Waals surface area (Å²) in [6.07, 6.45) is 0. The molecule has 3 aromatic rings. The topological polar surface area (TPSA) is 90.7 Å². The van der Waals surface area contributed by atoms with Crippen molar-refractivity contribution in [2.45, 2.75) is 19.9 Å². The van der Waals surface area contributed by atoms with Crippen LogP contribution in [-0.4, -0.2) is 70.3 Å². The monoisotopic (exact) mass is 496 g/mol. The first kappa shape index (κ1) is 25.4. The van der Waals surface area contributed by atoms with Crippen molar-refractivity contribution < 1.29 is 28.2 Å². The summed E-state index contributed by atoms with van der Waals surface area (Å²) in [5.74, 6) is 1.55. The molecule has 0 saturated heterocycles. The van der Waals surface area contributed by atoms with E-state index in [0.29, 0.717) is 58.2 Å². The summed E-state index contributed by atoms with van der Waals surface area (Å²) in [4.78, 5) is 31.4. The van der Waals surface area contributed by atoms with Crippen LogP contribution in [0.15, 0.2) is 39.5 Å². The Balaban J connectivity index is 1.94. The van der Waals surface area contributed by atoms with E-state index < -0.39 is 6.04 Å². The van der Waals surface area contributed by atoms with Crippen LogP contribution in [0, 0.1) is 0 Å². The normalized spacial score (nSPS) is 14.9. The minimum Gasteiger partial charge on any atom is -0.497 e. The second-order valence-electron chi connectivity index (χ2n) is 8.42. The highest BCUT2D eigenvalue weighted by Crippen LogP contribution is 2.45. The maximum Gasteiger partial charge on any atom is 0.290 e. The Hall–Kier alpha value is -3.72. The molecule has 0 aliphatic carbocycles. The van der Waals surface area contributed by atoms with E-state index in [0.717, 1.165) is 13.1 Å². The van der Waals surface area contributed by atoms with Crippen LogP contribution in [0.25, 0.3) is 11.0 Å². The van der Waals surface area contributed by atoms with Crippen LogP contribution in [0.5, 0.6) is 23.0 Å². The Morgan fingerprint density at radius 1 is 0.917 bits per heavy atom. The molecule has 9 nitrogen and oxygen atoms in total. The molecule has 0 N–H and O–H groups in total. The highest BCUT2D eigenvalue weighted by molar-refractivity contribution is 5.99. The third-order valence-electron chi connectivity index (χ3n) is 6.73. The first-order chi connectivity index (χ1) is 17.4. The quantitative estimate of drug-likeness (QED) is 0.420. The summed E-state index contributed by atoms with van der Waals surface area (Å²) in [6, 6.07) is 7.86. The smallest absolute Gasteiger partial charge is 0.290 e. The number of ether oxygens (including phenoxy) is 4. The van der Waals surface area contributed by atoms with Gasteiger partial charge in [-0.25, -0.2) is 0 Å². The van der Waals surface area contributed by atoms with Crippen LogP contribution in [0.4, 0.5) is 0 Å². The number of nitrogens with zero attached hydrogens (tertiary/aromatic N) is 2. The lowest BCUT2D eigenvalue weighted by atomic mass is 9.97. The van der Waals surface area contributed by atoms with E-state index in [9.17, 15) is 9.59 Å². The fraction of sp³-hybridized carbons (Fsp3) is 0.407. The van der Waals surface area contributed by atoms with E-state index >= 15 is 0 Å². The second kappa shape index (κ2) is 10.5. The lowest BCUT2D eigenvalue weighted by molar-refractivity contribution is 0.0707. The summed E-state index contributed by atoms with van der Waals surface area (Å²) < 4.78 is 27.9. The van der Waals surface area contributed by atoms with Gasteiger partial charge in [0, 0.05) is 19.2 Å². The Morgan fingerprint density at radius 3 is 2.14 bits per heavy atom. The Bertz CT molecular complexity index is 1300. The van der Waals surface area contributed by atoms with Crippen molar-refractivity contribution in [2.75, 3.05) is 54.6 Å². The van der Waals surface area contributed by atoms with Crippen molar-refractivity contribution in [1.82, 2.24) is 9.80 Å². The number of likely N-dealkylation sites (N-methyl/N-ethyl adjacent to an activating group) is 1. The van der Waals surface area contributed by atoms with Crippen LogP contribution in [-0.2, 0) is 0 Å². The maximum absolute atomic E-state index is 13.8. The highest BCUT2D eigenvalue weighted by atomic mass is 16.5. The number of fused-ring (bicyclic) bond motifs is 2. The fourth-order valence-corrected chi connectivity index (χ4v) is 4.75. The van der Waals surface area contributed by atoms with Gasteiger partial charge in [-0.05, 0) is 42.9 Å². The van der Waals surface area contributed by atoms with Gasteiger partial charge >= 0.3 is 0 Å². The average molecular weight is 497 g/mol. The van der Waals surface area contributed by atoms with Crippen LogP contribution in [0.2, 0.25) is 0 Å². The summed E-state index contributed by atoms with van der Waals surface area (Å²) in [7, 11) is 6.12. The summed E-state index contributed by atoms with van der Waals surface area (Å²) in [5.41, 5.74) is 1.01. The largest absolute Gasteiger partial charge is 0.497 e. The van der Waals surface area contributed by atoms with Crippen molar-refractivity contribution in [2.24, 2.45) is 0 Å². The predicted octanol–water partition coefficient (Wildman–Crippen LogP) is 3.71. The molecule has 9 heteroatoms. The molecule has 1 aliphatic rings. The maximum atomic E-state index is 13.8. The van der Waals surface area contributed by atoms with Crippen LogP contribution < -0.4 is 24.4 Å². The van der Waals surface area contributed by atoms with Gasteiger partial charge in [0.2, 0.25) is 11.5 Å². The van der Waals surface area contributed by atoms with E-state index in [-0.39, 0.29) is 17.1 Å². The number of carbonyl (C=O) groups is 1. The molecule has 0 spiro atoms. The minimum absolute atomic E-state index is 0.0408. The number of benzene rings is 2. The van der Waals surface area contributed by atoms with Crippen molar-refractivity contribution in [3.05, 3.63) is 57.4 Å². The van der Waals surface area contributed by atoms with Gasteiger partial charge in [-0.15, -0.1) is 0 Å². The predicted molar refractivity (Wildman–Crippen MR) is 136 cm³/mol. The first-order valence-electron chi connectivity index (χ1n) is 11.9. The van der Waals surface area contributed by atoms with Gasteiger partial charge in [-0.2, -0.15) is 0 Å². The molecule has 0 saturated carbocycles. The Kier molecular flexibility index (Phi) is 7.40. The fourth-order valence-electron chi connectivity index (χ4n) is 4.75. The molecule has 1 amide bonds. The zero-order valence-corrected chi connectivity index (χ0v) is 21.5. The van der Waals surface area contributed by atoms with E-state index in [1.807, 2.05) is 0 Å². The van der Waals surface area contributed by atoms with Gasteiger partial charge in [0.15, 0.2) is 16.9 Å². The van der Waals surface area contributed by atoms with E-state index in [1.165, 1.54) is 28.4 Å². The molecule has 2 heterocycles. The van der Waals surface area contributed by atoms with Gasteiger partial charge in [-0.1, -0.05) is 13.8 Å². The standard InChI is InChI=1S/C27H32N2O7/c1-7-28(8-2)11-12-29-23(16-13-20(33-4)25(35-6)21(14-16)34-5)22-24(30)18-10-9-17(32-3)15-19(18)36-26(22)27(29)31/h9-10,13-15,23H,7-8,11-12H2,1-6H3. The number of hydrogen-bond acceptors (Lipinski definition) is 8. The van der Waals surface area contributed by atoms with E-state index in [1.54, 1.807) is 35.2 Å². The molecule has 0 bridgehead atoms. The van der Waals surface area contributed by atoms with Crippen molar-refractivity contribution in [3.8, 4) is 23.0 Å². The molecule has 2 aromatic carbocycles. The molecule has 1 aliphatic heterocycles. The Morgan fingerprint density at radius 2 is 1.58 bits per heavy atom. The summed E-state index contributed by atoms with van der Waals surface area (Å²) >= 11 is 0. The molecular weight excluding hydrogens is 464 g/mol. The lowest BCUT2D eigenvalue weighted by Gasteiger charge is -2.28. The van der Waals surface area contributed by atoms with Crippen molar-refractivity contribution in [3.63, 3.8) is 0 Å². The van der Waals surface area contributed by atoms with Gasteiger partial charge in [-0.3, -0.25) is 9.59 Å². The second-order valence-corrected chi connectivity index (χ2v) is 8.42. The molecule has 1 aromatic heterocycles. The SMILES string of the molecule is CCN(CC)CCN1C(=O)c2oc3cc(OC)ccc3c(=O)c2C1c1cc(OC)c(OC)c(OC)c1. The van der Waals surface area contributed by atoms with E-state index in [2.05, 4.69) is 18.7 Å². The number of rotatable bonds is 10. The van der Waals surface area contributed by atoms with E-state index in [4.69, 9.17) is 23.4 Å². The average Bonchev–Trinajstić information content (AvgIpc) is 3.19. The van der Waals surface area contributed by atoms with Gasteiger partial charge in [0.25, 0.3) is 5.91 Å². The number of methoxy groups -OCH3 is 4. The minimum atomic E-state index is -0.681. The third-order valence-corrected chi connectivity index (χ3v) is 6.73. The molecule has 36 heavy (non-hydrogen) atoms. The van der Waals surface area contributed by atoms with Crippen LogP contribution >= 0.6 is 0 Å². The molecule has 0 fully saturated rings. The van der Waals surface area contributed by atoms with Crippen molar-refractivity contribution in [1.29, 1.82) is 0 Å². The molecule has 4 rings (SSSR count). The summed E-state index contributed by atoms with van der Waals surface area (Å²) in [6.45, 7) is 6.90. The molecule has 1 atom stereocenters. The van der Waals surface area contributed by atoms with Gasteiger partial charge in [0.1, 0.15) is 11.3 Å². The number of amides is 1. The van der Waals surface area contributed by atoms with Gasteiger partial charge < -0.3 is 33.2 Å². The number of carbonyl (C=O) groups excluding carboxylic acids is 1. The lowest BCUT2D eigenvalue weighted by Crippen LogP contribution is -2.37.